The third-order valence-electron chi connectivity index (χ3n) is 8.48. The number of aliphatic hydroxyl groups is 2. The molecule has 2 rings (SSSR count). The Balaban J connectivity index is 2.24. The third kappa shape index (κ3) is 13.1. The summed E-state index contributed by atoms with van der Waals surface area (Å²) in [4.78, 5) is 42.1. The molecule has 9 heteroatoms. The maximum absolute atomic E-state index is 13.7. The van der Waals surface area contributed by atoms with E-state index in [1.165, 1.54) is 6.42 Å². The molecule has 1 aromatic carbocycles. The standard InChI is InChI=1S/C35H52N4O5/c1-5-7-19-29(35(44)38-30(24-27-17-13-10-14-18-27)33(42)31(40)20-8-6-2)37-34(43)28(23-26-15-11-9-12-16-26)25-32(41)39(4)22-21-36-3/h1-2,9,11-12,15-16,27-31,33,36,40,42H,7-8,10,13-14,17-25H2,3-4H3,(H,37,43)(H,38,44)/t28?,29-,30?,31?,33+/m0/s1. The van der Waals surface area contributed by atoms with E-state index in [-0.39, 0.29) is 31.6 Å². The van der Waals surface area contributed by atoms with Crippen molar-refractivity contribution in [2.24, 2.45) is 11.8 Å². The van der Waals surface area contributed by atoms with E-state index >= 15 is 0 Å². The van der Waals surface area contributed by atoms with Gasteiger partial charge in [0.2, 0.25) is 17.7 Å². The first-order valence-electron chi connectivity index (χ1n) is 16.0. The fourth-order valence-electron chi connectivity index (χ4n) is 5.73. The van der Waals surface area contributed by atoms with Gasteiger partial charge in [-0.2, -0.15) is 0 Å². The zero-order chi connectivity index (χ0) is 32.3. The summed E-state index contributed by atoms with van der Waals surface area (Å²) in [5, 5.41) is 30.6. The van der Waals surface area contributed by atoms with E-state index in [9.17, 15) is 24.6 Å². The fraction of sp³-hybridized carbons (Fsp3) is 0.629. The highest BCUT2D eigenvalue weighted by atomic mass is 16.3. The van der Waals surface area contributed by atoms with Crippen LogP contribution in [0.25, 0.3) is 0 Å². The van der Waals surface area contributed by atoms with E-state index < -0.39 is 42.0 Å². The van der Waals surface area contributed by atoms with Gasteiger partial charge in [-0.1, -0.05) is 62.4 Å². The quantitative estimate of drug-likeness (QED) is 0.153. The highest BCUT2D eigenvalue weighted by molar-refractivity contribution is 5.91. The zero-order valence-corrected chi connectivity index (χ0v) is 26.5. The van der Waals surface area contributed by atoms with E-state index in [1.807, 2.05) is 37.4 Å². The second kappa shape index (κ2) is 20.6. The molecule has 5 N–H and O–H groups in total. The number of carbonyl (C=O) groups is 3. The Kier molecular flexibility index (Phi) is 17.2. The lowest BCUT2D eigenvalue weighted by molar-refractivity contribution is -0.137. The Morgan fingerprint density at radius 2 is 1.64 bits per heavy atom. The Bertz CT molecular complexity index is 1090. The van der Waals surface area contributed by atoms with Gasteiger partial charge in [0.1, 0.15) is 12.1 Å². The Morgan fingerprint density at radius 1 is 0.977 bits per heavy atom. The average Bonchev–Trinajstić information content (AvgIpc) is 3.04. The summed E-state index contributed by atoms with van der Waals surface area (Å²) < 4.78 is 0. The summed E-state index contributed by atoms with van der Waals surface area (Å²) in [5.41, 5.74) is 0.902. The third-order valence-corrected chi connectivity index (χ3v) is 8.48. The minimum atomic E-state index is -1.21. The van der Waals surface area contributed by atoms with Crippen LogP contribution in [0.2, 0.25) is 0 Å². The number of benzene rings is 1. The van der Waals surface area contributed by atoms with Crippen LogP contribution in [0.5, 0.6) is 0 Å². The lowest BCUT2D eigenvalue weighted by atomic mass is 9.82. The predicted molar refractivity (Wildman–Crippen MR) is 173 cm³/mol. The molecule has 1 aromatic rings. The fourth-order valence-corrected chi connectivity index (χ4v) is 5.73. The van der Waals surface area contributed by atoms with Crippen LogP contribution in [0.15, 0.2) is 30.3 Å². The van der Waals surface area contributed by atoms with E-state index in [1.54, 1.807) is 11.9 Å². The van der Waals surface area contributed by atoms with Crippen LogP contribution in [0, 0.1) is 36.5 Å². The minimum absolute atomic E-state index is 0.0190. The number of likely N-dealkylation sites (N-methyl/N-ethyl adjacent to an activating group) is 2. The number of nitrogens with one attached hydrogen (secondary N) is 3. The van der Waals surface area contributed by atoms with Gasteiger partial charge in [0.05, 0.1) is 18.1 Å². The summed E-state index contributed by atoms with van der Waals surface area (Å²) in [5.74, 6) is 3.55. The largest absolute Gasteiger partial charge is 0.390 e. The van der Waals surface area contributed by atoms with Gasteiger partial charge in [-0.05, 0) is 44.2 Å². The SMILES string of the molecule is C#CCCC(O)[C@H](O)C(CC1CCCCC1)NC(=O)[C@H](CCC#C)NC(=O)C(CC(=O)N(C)CCNC)Cc1ccccc1. The van der Waals surface area contributed by atoms with Crippen molar-refractivity contribution in [1.29, 1.82) is 0 Å². The van der Waals surface area contributed by atoms with Crippen LogP contribution in [-0.4, -0.2) is 84.3 Å². The van der Waals surface area contributed by atoms with Gasteiger partial charge < -0.3 is 31.1 Å². The molecule has 0 spiro atoms. The highest BCUT2D eigenvalue weighted by Crippen LogP contribution is 2.29. The maximum atomic E-state index is 13.7. The van der Waals surface area contributed by atoms with Crippen molar-refractivity contribution >= 4 is 17.7 Å². The van der Waals surface area contributed by atoms with Gasteiger partial charge >= 0.3 is 0 Å². The number of carbonyl (C=O) groups excluding carboxylic acids is 3. The van der Waals surface area contributed by atoms with Crippen molar-refractivity contribution in [3.63, 3.8) is 0 Å². The first kappa shape index (κ1) is 36.8. The van der Waals surface area contributed by atoms with Crippen molar-refractivity contribution in [2.75, 3.05) is 27.2 Å². The minimum Gasteiger partial charge on any atom is -0.390 e. The number of nitrogens with zero attached hydrogens (tertiary/aromatic N) is 1. The maximum Gasteiger partial charge on any atom is 0.242 e. The Labute approximate surface area is 263 Å². The van der Waals surface area contributed by atoms with Gasteiger partial charge in [-0.25, -0.2) is 0 Å². The molecule has 1 aliphatic carbocycles. The summed E-state index contributed by atoms with van der Waals surface area (Å²) in [6.07, 6.45) is 15.7. The highest BCUT2D eigenvalue weighted by Gasteiger charge is 2.34. The first-order valence-corrected chi connectivity index (χ1v) is 16.0. The number of rotatable bonds is 19. The summed E-state index contributed by atoms with van der Waals surface area (Å²) in [7, 11) is 3.51. The van der Waals surface area contributed by atoms with E-state index in [4.69, 9.17) is 12.8 Å². The predicted octanol–water partition coefficient (Wildman–Crippen LogP) is 2.40. The number of aliphatic hydroxyl groups excluding tert-OH is 2. The normalized spacial score (nSPS) is 16.8. The van der Waals surface area contributed by atoms with E-state index in [0.717, 1.165) is 31.2 Å². The molecule has 0 heterocycles. The van der Waals surface area contributed by atoms with Crippen molar-refractivity contribution < 1.29 is 24.6 Å². The molecule has 0 bridgehead atoms. The van der Waals surface area contributed by atoms with E-state index in [2.05, 4.69) is 27.8 Å². The van der Waals surface area contributed by atoms with Crippen LogP contribution in [0.1, 0.15) is 76.2 Å². The van der Waals surface area contributed by atoms with Gasteiger partial charge in [0.25, 0.3) is 0 Å². The Morgan fingerprint density at radius 3 is 2.27 bits per heavy atom. The lowest BCUT2D eigenvalue weighted by Gasteiger charge is -2.33. The first-order chi connectivity index (χ1) is 21.2. The molecule has 0 aliphatic heterocycles. The van der Waals surface area contributed by atoms with Gasteiger partial charge in [-0.3, -0.25) is 14.4 Å². The second-order valence-corrected chi connectivity index (χ2v) is 12.0. The molecule has 1 fully saturated rings. The Hall–Kier alpha value is -3.37. The number of terminal acetylenes is 2. The topological polar surface area (TPSA) is 131 Å². The molecule has 1 aliphatic rings. The molecule has 0 radical (unpaired) electrons. The second-order valence-electron chi connectivity index (χ2n) is 12.0. The molecule has 242 valence electrons. The van der Waals surface area contributed by atoms with Crippen LogP contribution in [-0.2, 0) is 20.8 Å². The van der Waals surface area contributed by atoms with Crippen molar-refractivity contribution in [3.05, 3.63) is 35.9 Å². The van der Waals surface area contributed by atoms with Crippen LogP contribution >= 0.6 is 0 Å². The average molecular weight is 609 g/mol. The molecular weight excluding hydrogens is 556 g/mol. The van der Waals surface area contributed by atoms with Crippen LogP contribution in [0.3, 0.4) is 0 Å². The molecular formula is C35H52N4O5. The van der Waals surface area contributed by atoms with Gasteiger partial charge in [0, 0.05) is 39.4 Å². The lowest BCUT2D eigenvalue weighted by Crippen LogP contribution is -2.56. The van der Waals surface area contributed by atoms with Gasteiger partial charge in [0.15, 0.2) is 0 Å². The molecule has 5 atom stereocenters. The van der Waals surface area contributed by atoms with Crippen LogP contribution in [0.4, 0.5) is 0 Å². The van der Waals surface area contributed by atoms with Crippen molar-refractivity contribution in [1.82, 2.24) is 20.9 Å². The van der Waals surface area contributed by atoms with E-state index in [0.29, 0.717) is 38.3 Å². The van der Waals surface area contributed by atoms with Crippen molar-refractivity contribution in [2.45, 2.75) is 101 Å². The smallest absolute Gasteiger partial charge is 0.242 e. The molecule has 0 saturated heterocycles. The van der Waals surface area contributed by atoms with Crippen LogP contribution < -0.4 is 16.0 Å². The number of amides is 3. The molecule has 0 aromatic heterocycles. The molecule has 1 saturated carbocycles. The summed E-state index contributed by atoms with van der Waals surface area (Å²) in [6, 6.07) is 7.76. The monoisotopic (exact) mass is 608 g/mol. The molecule has 9 nitrogen and oxygen atoms in total. The number of hydrogen-bond acceptors (Lipinski definition) is 6. The molecule has 3 amide bonds. The summed E-state index contributed by atoms with van der Waals surface area (Å²) in [6.45, 7) is 1.12. The molecule has 3 unspecified atom stereocenters. The number of hydrogen-bond donors (Lipinski definition) is 5. The summed E-state index contributed by atoms with van der Waals surface area (Å²) >= 11 is 0. The van der Waals surface area contributed by atoms with Crippen molar-refractivity contribution in [3.8, 4) is 24.7 Å². The molecule has 44 heavy (non-hydrogen) atoms. The van der Waals surface area contributed by atoms with Gasteiger partial charge in [-0.15, -0.1) is 24.7 Å². The zero-order valence-electron chi connectivity index (χ0n) is 26.5.